The van der Waals surface area contributed by atoms with Gasteiger partial charge in [-0.25, -0.2) is 14.2 Å². The van der Waals surface area contributed by atoms with Gasteiger partial charge in [-0.3, -0.25) is 8.51 Å². The predicted octanol–water partition coefficient (Wildman–Crippen LogP) is 3.98. The highest BCUT2D eigenvalue weighted by molar-refractivity contribution is 7.81. The van der Waals surface area contributed by atoms with Crippen LogP contribution in [-0.2, 0) is 16.0 Å². The minimum atomic E-state index is -2.63. The highest BCUT2D eigenvalue weighted by Crippen LogP contribution is 2.36. The summed E-state index contributed by atoms with van der Waals surface area (Å²) in [4.78, 5) is 16.6. The normalized spacial score (nSPS) is 11.9. The Morgan fingerprint density at radius 2 is 1.81 bits per heavy atom. The molecule has 0 aliphatic rings. The van der Waals surface area contributed by atoms with Crippen LogP contribution >= 0.6 is 11.3 Å². The van der Waals surface area contributed by atoms with Gasteiger partial charge in [0, 0.05) is 10.4 Å². The maximum atomic E-state index is 13.1. The summed E-state index contributed by atoms with van der Waals surface area (Å²) in [6.45, 7) is 1.75. The lowest BCUT2D eigenvalue weighted by Crippen LogP contribution is -2.20. The number of aryl methyl sites for hydroxylation is 1. The van der Waals surface area contributed by atoms with Crippen molar-refractivity contribution < 1.29 is 22.7 Å². The van der Waals surface area contributed by atoms with Crippen LogP contribution in [0.3, 0.4) is 0 Å². The van der Waals surface area contributed by atoms with Crippen LogP contribution in [0.4, 0.5) is 15.9 Å². The molecule has 0 spiro atoms. The average Bonchev–Trinajstić information content (AvgIpc) is 3.03. The third-order valence-electron chi connectivity index (χ3n) is 3.73. The summed E-state index contributed by atoms with van der Waals surface area (Å²) in [6.07, 6.45) is 0. The van der Waals surface area contributed by atoms with Crippen molar-refractivity contribution in [2.24, 2.45) is 0 Å². The number of hydrogen-bond donors (Lipinski definition) is 0. The number of esters is 1. The zero-order valence-corrected chi connectivity index (χ0v) is 16.0. The number of thiazole rings is 1. The van der Waals surface area contributed by atoms with Crippen LogP contribution in [0.2, 0.25) is 0 Å². The lowest BCUT2D eigenvalue weighted by Gasteiger charge is -2.25. The summed E-state index contributed by atoms with van der Waals surface area (Å²) in [6, 6.07) is 11.8. The average molecular weight is 405 g/mol. The third-order valence-corrected chi connectivity index (χ3v) is 5.42. The van der Waals surface area contributed by atoms with Gasteiger partial charge in [0.05, 0.1) is 29.6 Å². The zero-order valence-electron chi connectivity index (χ0n) is 14.3. The lowest BCUT2D eigenvalue weighted by molar-refractivity contribution is 0.0600. The second-order valence-corrected chi connectivity index (χ2v) is 7.46. The number of rotatable bonds is 5. The number of hydrogen-bond acceptors (Lipinski definition) is 6. The van der Waals surface area contributed by atoms with E-state index in [4.69, 9.17) is 0 Å². The van der Waals surface area contributed by atoms with E-state index in [9.17, 15) is 17.9 Å². The fourth-order valence-corrected chi connectivity index (χ4v) is 4.00. The van der Waals surface area contributed by atoms with Crippen LogP contribution < -0.4 is 4.31 Å². The zero-order chi connectivity index (χ0) is 19.6. The summed E-state index contributed by atoms with van der Waals surface area (Å²) >= 11 is -1.33. The van der Waals surface area contributed by atoms with Crippen molar-refractivity contribution in [3.05, 3.63) is 64.8 Å². The van der Waals surface area contributed by atoms with Crippen LogP contribution in [0.25, 0.3) is 10.6 Å². The molecule has 0 N–H and O–H groups in total. The molecule has 140 valence electrons. The van der Waals surface area contributed by atoms with Crippen LogP contribution in [0, 0.1) is 12.7 Å². The number of nitrogens with zero attached hydrogens (tertiary/aromatic N) is 2. The predicted molar refractivity (Wildman–Crippen MR) is 101 cm³/mol. The number of anilines is 2. The quantitative estimate of drug-likeness (QED) is 0.474. The molecule has 0 amide bonds. The van der Waals surface area contributed by atoms with E-state index < -0.39 is 17.2 Å². The fourth-order valence-electron chi connectivity index (χ4n) is 2.42. The minimum absolute atomic E-state index is 0.249. The maximum Gasteiger partial charge on any atom is 0.337 e. The first-order valence-corrected chi connectivity index (χ1v) is 9.57. The third kappa shape index (κ3) is 4.05. The van der Waals surface area contributed by atoms with E-state index in [1.54, 1.807) is 19.1 Å². The Balaban J connectivity index is 1.99. The molecular weight excluding hydrogens is 391 g/mol. The fraction of sp³-hybridized carbons (Fsp3) is 0.111. The number of carbonyl (C=O) groups excluding carboxylic acids is 1. The van der Waals surface area contributed by atoms with Crippen molar-refractivity contribution in [2.75, 3.05) is 11.4 Å². The number of carbonyl (C=O) groups is 1. The Bertz CT molecular complexity index is 988. The smallest absolute Gasteiger partial charge is 0.337 e. The van der Waals surface area contributed by atoms with Crippen LogP contribution in [0.15, 0.2) is 48.5 Å². The number of ether oxygens (including phenoxy) is 1. The molecule has 9 heteroatoms. The Hall–Kier alpha value is -2.62. The second kappa shape index (κ2) is 7.95. The van der Waals surface area contributed by atoms with Gasteiger partial charge < -0.3 is 9.29 Å². The van der Waals surface area contributed by atoms with Gasteiger partial charge in [-0.2, -0.15) is 0 Å². The Kier molecular flexibility index (Phi) is 5.64. The highest BCUT2D eigenvalue weighted by atomic mass is 32.2. The topological polar surface area (TPSA) is 82.6 Å². The summed E-state index contributed by atoms with van der Waals surface area (Å²) < 4.78 is 42.5. The van der Waals surface area contributed by atoms with E-state index in [1.165, 1.54) is 54.8 Å². The molecular formula is C18H14FN2O4S2-. The van der Waals surface area contributed by atoms with Gasteiger partial charge >= 0.3 is 5.97 Å². The second-order valence-electron chi connectivity index (χ2n) is 5.46. The van der Waals surface area contributed by atoms with Gasteiger partial charge in [0.25, 0.3) is 0 Å². The largest absolute Gasteiger partial charge is 0.755 e. The highest BCUT2D eigenvalue weighted by Gasteiger charge is 2.19. The molecule has 1 heterocycles. The summed E-state index contributed by atoms with van der Waals surface area (Å²) in [7, 11) is 1.27. The summed E-state index contributed by atoms with van der Waals surface area (Å²) in [5.74, 6) is -0.626. The van der Waals surface area contributed by atoms with Gasteiger partial charge in [-0.1, -0.05) is 0 Å². The van der Waals surface area contributed by atoms with E-state index in [1.807, 2.05) is 0 Å². The van der Waals surface area contributed by atoms with Gasteiger partial charge in [0.15, 0.2) is 5.82 Å². The van der Waals surface area contributed by atoms with Crippen molar-refractivity contribution in [3.8, 4) is 10.6 Å². The molecule has 0 bridgehead atoms. The molecule has 3 rings (SSSR count). The molecule has 6 nitrogen and oxygen atoms in total. The van der Waals surface area contributed by atoms with Crippen molar-refractivity contribution in [1.82, 2.24) is 4.98 Å². The summed E-state index contributed by atoms with van der Waals surface area (Å²) in [5.41, 5.74) is 1.32. The minimum Gasteiger partial charge on any atom is -0.755 e. The van der Waals surface area contributed by atoms with Crippen LogP contribution in [0.5, 0.6) is 0 Å². The van der Waals surface area contributed by atoms with Gasteiger partial charge in [0.1, 0.15) is 10.8 Å². The van der Waals surface area contributed by atoms with E-state index in [0.29, 0.717) is 26.7 Å². The Labute approximate surface area is 161 Å². The molecule has 1 unspecified atom stereocenters. The van der Waals surface area contributed by atoms with Gasteiger partial charge in [-0.05, 0) is 55.5 Å². The number of benzene rings is 2. The number of methoxy groups -OCH3 is 1. The molecule has 2 aromatic carbocycles. The Morgan fingerprint density at radius 3 is 2.37 bits per heavy atom. The molecule has 0 saturated heterocycles. The van der Waals surface area contributed by atoms with E-state index >= 15 is 0 Å². The Morgan fingerprint density at radius 1 is 1.19 bits per heavy atom. The summed E-state index contributed by atoms with van der Waals surface area (Å²) in [5, 5.41) is 0.573. The molecule has 0 aliphatic heterocycles. The van der Waals surface area contributed by atoms with Crippen molar-refractivity contribution in [1.29, 1.82) is 0 Å². The molecule has 0 fully saturated rings. The van der Waals surface area contributed by atoms with Crippen molar-refractivity contribution >= 4 is 40.1 Å². The van der Waals surface area contributed by atoms with E-state index in [2.05, 4.69) is 9.72 Å². The molecule has 1 atom stereocenters. The SMILES string of the molecule is COC(=O)c1ccc(N(c2nc(-c3ccc(F)cc3)sc2C)S(=O)[O-])cc1. The number of halogens is 1. The molecule has 0 radical (unpaired) electrons. The van der Waals surface area contributed by atoms with E-state index in [0.717, 1.165) is 4.31 Å². The molecule has 0 saturated carbocycles. The molecule has 1 aromatic heterocycles. The first-order chi connectivity index (χ1) is 12.9. The standard InChI is InChI=1S/C18H15FN2O4S2/c1-11-16(20-17(26-11)12-3-7-14(19)8-4-12)21(27(23)24)15-9-5-13(6-10-15)18(22)25-2/h3-10H,1-2H3,(H,23,24)/p-1. The molecule has 0 aliphatic carbocycles. The van der Waals surface area contributed by atoms with Gasteiger partial charge in [-0.15, -0.1) is 11.3 Å². The van der Waals surface area contributed by atoms with Crippen molar-refractivity contribution in [2.45, 2.75) is 6.92 Å². The monoisotopic (exact) mass is 405 g/mol. The number of aromatic nitrogens is 1. The van der Waals surface area contributed by atoms with E-state index in [-0.39, 0.29) is 11.6 Å². The first kappa shape index (κ1) is 19.2. The first-order valence-electron chi connectivity index (χ1n) is 7.72. The van der Waals surface area contributed by atoms with Gasteiger partial charge in [0.2, 0.25) is 0 Å². The van der Waals surface area contributed by atoms with Crippen molar-refractivity contribution in [3.63, 3.8) is 0 Å². The molecule has 27 heavy (non-hydrogen) atoms. The molecule has 3 aromatic rings. The maximum absolute atomic E-state index is 13.1. The van der Waals surface area contributed by atoms with Crippen LogP contribution in [-0.4, -0.2) is 26.8 Å². The van der Waals surface area contributed by atoms with Crippen LogP contribution in [0.1, 0.15) is 15.2 Å². The lowest BCUT2D eigenvalue weighted by atomic mass is 10.2.